The van der Waals surface area contributed by atoms with Gasteiger partial charge in [-0.1, -0.05) is 12.1 Å². The number of nitrogens with one attached hydrogen (secondary N) is 1. The molecular formula is C13H14N2O2. The van der Waals surface area contributed by atoms with Crippen LogP contribution in [-0.4, -0.2) is 30.7 Å². The van der Waals surface area contributed by atoms with Gasteiger partial charge in [-0.05, 0) is 12.1 Å². The third-order valence-corrected chi connectivity index (χ3v) is 2.50. The minimum Gasteiger partial charge on any atom is -0.383 e. The first kappa shape index (κ1) is 11.4. The number of hydrogen-bond acceptors (Lipinski definition) is 3. The molecule has 0 saturated carbocycles. The maximum absolute atomic E-state index is 12.2. The van der Waals surface area contributed by atoms with Crippen molar-refractivity contribution in [1.29, 1.82) is 0 Å². The molecule has 2 rings (SSSR count). The van der Waals surface area contributed by atoms with E-state index in [1.54, 1.807) is 35.4 Å². The Labute approximate surface area is 99.9 Å². The first-order valence-electron chi connectivity index (χ1n) is 5.38. The van der Waals surface area contributed by atoms with E-state index in [2.05, 4.69) is 5.32 Å². The molecule has 1 aromatic carbocycles. The highest BCUT2D eigenvalue weighted by molar-refractivity contribution is 6.18. The molecule has 1 aromatic rings. The summed E-state index contributed by atoms with van der Waals surface area (Å²) in [6, 6.07) is 7.06. The second-order valence-corrected chi connectivity index (χ2v) is 4.22. The van der Waals surface area contributed by atoms with Gasteiger partial charge in [-0.2, -0.15) is 0 Å². The lowest BCUT2D eigenvalue weighted by Gasteiger charge is -2.08. The van der Waals surface area contributed by atoms with Gasteiger partial charge in [0.1, 0.15) is 0 Å². The highest BCUT2D eigenvalue weighted by Crippen LogP contribution is 2.24. The van der Waals surface area contributed by atoms with Gasteiger partial charge in [0.25, 0.3) is 0 Å². The highest BCUT2D eigenvalue weighted by Gasteiger charge is 2.23. The van der Waals surface area contributed by atoms with E-state index in [0.29, 0.717) is 16.8 Å². The number of para-hydroxylation sites is 1. The van der Waals surface area contributed by atoms with E-state index in [1.165, 1.54) is 0 Å². The lowest BCUT2D eigenvalue weighted by Crippen LogP contribution is -2.12. The number of amides is 1. The highest BCUT2D eigenvalue weighted by atomic mass is 16.2. The Hall–Kier alpha value is -2.10. The van der Waals surface area contributed by atoms with Crippen LogP contribution in [0.25, 0.3) is 0 Å². The Morgan fingerprint density at radius 1 is 1.24 bits per heavy atom. The van der Waals surface area contributed by atoms with Crippen LogP contribution in [0.3, 0.4) is 0 Å². The summed E-state index contributed by atoms with van der Waals surface area (Å²) >= 11 is 0. The predicted octanol–water partition coefficient (Wildman–Crippen LogP) is 1.66. The number of carbonyl (C=O) groups is 2. The minimum absolute atomic E-state index is 0.0901. The zero-order valence-corrected chi connectivity index (χ0v) is 9.86. The zero-order chi connectivity index (χ0) is 12.4. The van der Waals surface area contributed by atoms with Crippen LogP contribution in [0.5, 0.6) is 0 Å². The lowest BCUT2D eigenvalue weighted by atomic mass is 10.0. The molecule has 1 aliphatic heterocycles. The van der Waals surface area contributed by atoms with Crippen LogP contribution in [-0.2, 0) is 4.79 Å². The average Bonchev–Trinajstić information content (AvgIpc) is 2.37. The monoisotopic (exact) mass is 230 g/mol. The largest absolute Gasteiger partial charge is 0.383 e. The van der Waals surface area contributed by atoms with Gasteiger partial charge in [0.2, 0.25) is 5.91 Å². The number of ketones is 1. The standard InChI is InChI=1S/C13H14N2O2/c1-15(2)8-9-7-12(16)14-11-6-4-3-5-10(11)13(9)17/h3-6,8H,7H2,1-2H3,(H,14,16)/b9-8+. The molecule has 0 bridgehead atoms. The molecule has 0 aromatic heterocycles. The Balaban J connectivity index is 2.50. The summed E-state index contributed by atoms with van der Waals surface area (Å²) in [5.41, 5.74) is 1.65. The minimum atomic E-state index is -0.156. The van der Waals surface area contributed by atoms with E-state index >= 15 is 0 Å². The Morgan fingerprint density at radius 2 is 1.94 bits per heavy atom. The third kappa shape index (κ3) is 2.36. The molecular weight excluding hydrogens is 216 g/mol. The van der Waals surface area contributed by atoms with E-state index in [9.17, 15) is 9.59 Å². The Morgan fingerprint density at radius 3 is 2.65 bits per heavy atom. The van der Waals surface area contributed by atoms with Crippen molar-refractivity contribution in [2.75, 3.05) is 19.4 Å². The van der Waals surface area contributed by atoms with E-state index in [4.69, 9.17) is 0 Å². The van der Waals surface area contributed by atoms with Crippen LogP contribution in [0.1, 0.15) is 16.8 Å². The summed E-state index contributed by atoms with van der Waals surface area (Å²) in [5.74, 6) is -0.246. The SMILES string of the molecule is CN(C)/C=C1\CC(=O)Nc2ccccc2C1=O. The number of benzene rings is 1. The van der Waals surface area contributed by atoms with Gasteiger partial charge in [-0.25, -0.2) is 0 Å². The first-order chi connectivity index (χ1) is 8.08. The molecule has 1 amide bonds. The summed E-state index contributed by atoms with van der Waals surface area (Å²) in [5, 5.41) is 2.74. The van der Waals surface area contributed by atoms with Gasteiger partial charge in [0.15, 0.2) is 5.78 Å². The van der Waals surface area contributed by atoms with Crippen molar-refractivity contribution in [1.82, 2.24) is 4.90 Å². The normalized spacial score (nSPS) is 17.4. The summed E-state index contributed by atoms with van der Waals surface area (Å²) in [6.07, 6.45) is 1.82. The fourth-order valence-electron chi connectivity index (χ4n) is 1.83. The van der Waals surface area contributed by atoms with Crippen molar-refractivity contribution < 1.29 is 9.59 Å². The predicted molar refractivity (Wildman–Crippen MR) is 65.8 cm³/mol. The molecule has 88 valence electrons. The quantitative estimate of drug-likeness (QED) is 0.746. The number of fused-ring (bicyclic) bond motifs is 1. The van der Waals surface area contributed by atoms with E-state index in [0.717, 1.165) is 0 Å². The maximum atomic E-state index is 12.2. The summed E-state index contributed by atoms with van der Waals surface area (Å²) in [6.45, 7) is 0. The topological polar surface area (TPSA) is 49.4 Å². The fourth-order valence-corrected chi connectivity index (χ4v) is 1.83. The van der Waals surface area contributed by atoms with Gasteiger partial charge in [0, 0.05) is 31.4 Å². The summed E-state index contributed by atoms with van der Waals surface area (Å²) in [4.78, 5) is 25.7. The van der Waals surface area contributed by atoms with Crippen molar-refractivity contribution >= 4 is 17.4 Å². The Bertz CT molecular complexity index is 504. The van der Waals surface area contributed by atoms with E-state index in [1.807, 2.05) is 14.1 Å². The van der Waals surface area contributed by atoms with Crippen LogP contribution in [0.4, 0.5) is 5.69 Å². The number of rotatable bonds is 1. The molecule has 0 unspecified atom stereocenters. The molecule has 1 aliphatic rings. The van der Waals surface area contributed by atoms with Crippen LogP contribution in [0.15, 0.2) is 36.0 Å². The molecule has 4 heteroatoms. The summed E-state index contributed by atoms with van der Waals surface area (Å²) < 4.78 is 0. The van der Waals surface area contributed by atoms with Crippen molar-refractivity contribution in [3.8, 4) is 0 Å². The van der Waals surface area contributed by atoms with Crippen molar-refractivity contribution in [2.45, 2.75) is 6.42 Å². The smallest absolute Gasteiger partial charge is 0.229 e. The number of nitrogens with zero attached hydrogens (tertiary/aromatic N) is 1. The lowest BCUT2D eigenvalue weighted by molar-refractivity contribution is -0.115. The zero-order valence-electron chi connectivity index (χ0n) is 9.86. The molecule has 17 heavy (non-hydrogen) atoms. The molecule has 0 atom stereocenters. The van der Waals surface area contributed by atoms with E-state index < -0.39 is 0 Å². The molecule has 0 aliphatic carbocycles. The van der Waals surface area contributed by atoms with Crippen molar-refractivity contribution in [3.63, 3.8) is 0 Å². The number of carbonyl (C=O) groups excluding carboxylic acids is 2. The molecule has 0 radical (unpaired) electrons. The maximum Gasteiger partial charge on any atom is 0.229 e. The Kier molecular flexibility index (Phi) is 2.95. The van der Waals surface area contributed by atoms with E-state index in [-0.39, 0.29) is 18.1 Å². The average molecular weight is 230 g/mol. The fraction of sp³-hybridized carbons (Fsp3) is 0.231. The number of anilines is 1. The molecule has 0 fully saturated rings. The number of hydrogen-bond donors (Lipinski definition) is 1. The van der Waals surface area contributed by atoms with Gasteiger partial charge in [-0.15, -0.1) is 0 Å². The van der Waals surface area contributed by atoms with Crippen molar-refractivity contribution in [2.24, 2.45) is 0 Å². The third-order valence-electron chi connectivity index (χ3n) is 2.50. The van der Waals surface area contributed by atoms with Gasteiger partial charge < -0.3 is 10.2 Å². The number of Topliss-reactive ketones (excluding diaryl/α,β-unsaturated/α-hetero) is 1. The molecule has 1 N–H and O–H groups in total. The molecule has 1 heterocycles. The first-order valence-corrected chi connectivity index (χ1v) is 5.38. The molecule has 0 spiro atoms. The van der Waals surface area contributed by atoms with Gasteiger partial charge >= 0.3 is 0 Å². The van der Waals surface area contributed by atoms with Crippen molar-refractivity contribution in [3.05, 3.63) is 41.6 Å². The molecule has 4 nitrogen and oxygen atoms in total. The van der Waals surface area contributed by atoms with Gasteiger partial charge in [-0.3, -0.25) is 9.59 Å². The molecule has 0 saturated heterocycles. The van der Waals surface area contributed by atoms with Crippen LogP contribution < -0.4 is 5.32 Å². The second kappa shape index (κ2) is 4.41. The van der Waals surface area contributed by atoms with Crippen LogP contribution >= 0.6 is 0 Å². The second-order valence-electron chi connectivity index (χ2n) is 4.22. The summed E-state index contributed by atoms with van der Waals surface area (Å²) in [7, 11) is 3.66. The van der Waals surface area contributed by atoms with Crippen LogP contribution in [0, 0.1) is 0 Å². The van der Waals surface area contributed by atoms with Gasteiger partial charge in [0.05, 0.1) is 12.1 Å². The van der Waals surface area contributed by atoms with Crippen LogP contribution in [0.2, 0.25) is 0 Å².